The third-order valence-corrected chi connectivity index (χ3v) is 3.99. The van der Waals surface area contributed by atoms with Gasteiger partial charge in [-0.15, -0.1) is 0 Å². The van der Waals surface area contributed by atoms with Gasteiger partial charge in [0.15, 0.2) is 5.96 Å². The minimum Gasteiger partial charge on any atom is -0.497 e. The predicted octanol–water partition coefficient (Wildman–Crippen LogP) is 2.28. The van der Waals surface area contributed by atoms with Gasteiger partial charge < -0.3 is 25.0 Å². The van der Waals surface area contributed by atoms with Crippen LogP contribution in [0.15, 0.2) is 29.3 Å². The van der Waals surface area contributed by atoms with Crippen molar-refractivity contribution in [3.63, 3.8) is 0 Å². The maximum atomic E-state index is 12.0. The highest BCUT2D eigenvalue weighted by Crippen LogP contribution is 2.16. The smallest absolute Gasteiger partial charge is 0.224 e. The van der Waals surface area contributed by atoms with E-state index < -0.39 is 0 Å². The Hall–Kier alpha value is -2.44. The molecule has 0 heterocycles. The largest absolute Gasteiger partial charge is 0.497 e. The second kappa shape index (κ2) is 13.7. The van der Waals surface area contributed by atoms with Gasteiger partial charge in [-0.3, -0.25) is 9.79 Å². The lowest BCUT2D eigenvalue weighted by atomic mass is 10.3. The van der Waals surface area contributed by atoms with E-state index in [9.17, 15) is 4.79 Å². The number of ether oxygens (including phenoxy) is 2. The molecule has 152 valence electrons. The minimum absolute atomic E-state index is 0.163. The van der Waals surface area contributed by atoms with E-state index in [2.05, 4.69) is 15.6 Å². The molecule has 0 bridgehead atoms. The van der Waals surface area contributed by atoms with Crippen molar-refractivity contribution in [1.82, 2.24) is 15.5 Å². The van der Waals surface area contributed by atoms with E-state index >= 15 is 0 Å². The van der Waals surface area contributed by atoms with Gasteiger partial charge >= 0.3 is 0 Å². The summed E-state index contributed by atoms with van der Waals surface area (Å²) in [4.78, 5) is 18.4. The van der Waals surface area contributed by atoms with E-state index in [1.807, 2.05) is 49.9 Å². The summed E-state index contributed by atoms with van der Waals surface area (Å²) in [7, 11) is 1.64. The van der Waals surface area contributed by atoms with Gasteiger partial charge in [-0.2, -0.15) is 0 Å². The Kier molecular flexibility index (Phi) is 11.5. The zero-order chi connectivity index (χ0) is 19.9. The fraction of sp³-hybridized carbons (Fsp3) is 0.600. The first-order chi connectivity index (χ1) is 13.1. The molecule has 0 aromatic heterocycles. The second-order valence-corrected chi connectivity index (χ2v) is 5.88. The van der Waals surface area contributed by atoms with Crippen LogP contribution >= 0.6 is 0 Å². The number of benzene rings is 1. The van der Waals surface area contributed by atoms with Gasteiger partial charge in [-0.25, -0.2) is 0 Å². The number of amides is 1. The van der Waals surface area contributed by atoms with Crippen LogP contribution in [0, 0.1) is 0 Å². The Bertz CT molecular complexity index is 557. The first kappa shape index (κ1) is 22.6. The van der Waals surface area contributed by atoms with Crippen molar-refractivity contribution >= 4 is 11.9 Å². The molecule has 1 rings (SSSR count). The first-order valence-corrected chi connectivity index (χ1v) is 9.71. The Morgan fingerprint density at radius 2 is 1.74 bits per heavy atom. The number of guanidine groups is 1. The molecule has 0 atom stereocenters. The van der Waals surface area contributed by atoms with Crippen molar-refractivity contribution in [1.29, 1.82) is 0 Å². The monoisotopic (exact) mass is 378 g/mol. The molecule has 0 aliphatic rings. The molecule has 0 unspecified atom stereocenters. The fourth-order valence-corrected chi connectivity index (χ4v) is 2.48. The summed E-state index contributed by atoms with van der Waals surface area (Å²) in [6, 6.07) is 7.53. The summed E-state index contributed by atoms with van der Waals surface area (Å²) in [5.41, 5.74) is 0. The van der Waals surface area contributed by atoms with Crippen LogP contribution in [0.3, 0.4) is 0 Å². The number of nitrogens with zero attached hydrogens (tertiary/aromatic N) is 2. The van der Waals surface area contributed by atoms with E-state index in [1.165, 1.54) is 0 Å². The second-order valence-electron chi connectivity index (χ2n) is 5.88. The quantitative estimate of drug-likeness (QED) is 0.332. The van der Waals surface area contributed by atoms with Crippen LogP contribution in [0.2, 0.25) is 0 Å². The number of carbonyl (C=O) groups excluding carboxylic acids is 1. The standard InChI is InChI=1S/C20H34N4O3/c1-5-21-20(23-15-13-19(25)24(6-2)7-3)22-14-8-16-27-18-11-9-17(26-4)10-12-18/h9-12H,5-8,13-16H2,1-4H3,(H2,21,22,23). The molecular weight excluding hydrogens is 344 g/mol. The van der Waals surface area contributed by atoms with E-state index in [0.717, 1.165) is 43.5 Å². The van der Waals surface area contributed by atoms with Gasteiger partial charge in [-0.1, -0.05) is 0 Å². The van der Waals surface area contributed by atoms with Gasteiger partial charge in [0, 0.05) is 45.6 Å². The summed E-state index contributed by atoms with van der Waals surface area (Å²) in [5, 5.41) is 6.41. The molecule has 1 amide bonds. The topological polar surface area (TPSA) is 75.2 Å². The molecule has 1 aromatic carbocycles. The van der Waals surface area contributed by atoms with Gasteiger partial charge in [0.1, 0.15) is 11.5 Å². The normalized spacial score (nSPS) is 11.0. The van der Waals surface area contributed by atoms with Crippen LogP contribution in [-0.4, -0.2) is 63.2 Å². The van der Waals surface area contributed by atoms with E-state index in [1.54, 1.807) is 7.11 Å². The van der Waals surface area contributed by atoms with Crippen molar-refractivity contribution in [2.24, 2.45) is 4.99 Å². The lowest BCUT2D eigenvalue weighted by Crippen LogP contribution is -2.40. The van der Waals surface area contributed by atoms with Crippen LogP contribution in [0.5, 0.6) is 11.5 Å². The molecule has 27 heavy (non-hydrogen) atoms. The Balaban J connectivity index is 2.30. The van der Waals surface area contributed by atoms with Crippen LogP contribution in [0.4, 0.5) is 0 Å². The van der Waals surface area contributed by atoms with Gasteiger partial charge in [0.05, 0.1) is 13.7 Å². The number of methoxy groups -OCH3 is 1. The lowest BCUT2D eigenvalue weighted by Gasteiger charge is -2.19. The molecule has 1 aromatic rings. The zero-order valence-corrected chi connectivity index (χ0v) is 17.1. The molecule has 0 radical (unpaired) electrons. The molecule has 7 nitrogen and oxygen atoms in total. The molecule has 0 saturated carbocycles. The van der Waals surface area contributed by atoms with E-state index in [-0.39, 0.29) is 5.91 Å². The van der Waals surface area contributed by atoms with Crippen molar-refractivity contribution < 1.29 is 14.3 Å². The number of nitrogens with one attached hydrogen (secondary N) is 2. The average Bonchev–Trinajstić information content (AvgIpc) is 2.69. The third kappa shape index (κ3) is 9.17. The average molecular weight is 379 g/mol. The maximum absolute atomic E-state index is 12.0. The number of carbonyl (C=O) groups is 1. The molecule has 0 fully saturated rings. The van der Waals surface area contributed by atoms with Crippen molar-refractivity contribution in [3.05, 3.63) is 24.3 Å². The predicted molar refractivity (Wildman–Crippen MR) is 110 cm³/mol. The molecule has 2 N–H and O–H groups in total. The van der Waals surface area contributed by atoms with Gasteiger partial charge in [-0.05, 0) is 45.0 Å². The summed E-state index contributed by atoms with van der Waals surface area (Å²) >= 11 is 0. The molecule has 0 aliphatic heterocycles. The van der Waals surface area contributed by atoms with Crippen LogP contribution in [0.1, 0.15) is 33.6 Å². The van der Waals surface area contributed by atoms with Gasteiger partial charge in [0.2, 0.25) is 5.91 Å². The fourth-order valence-electron chi connectivity index (χ4n) is 2.48. The van der Waals surface area contributed by atoms with Crippen molar-refractivity contribution in [3.8, 4) is 11.5 Å². The minimum atomic E-state index is 0.163. The SMILES string of the molecule is CCNC(=NCCCOc1ccc(OC)cc1)NCCC(=O)N(CC)CC. The third-order valence-electron chi connectivity index (χ3n) is 3.99. The molecule has 0 saturated heterocycles. The number of hydrogen-bond acceptors (Lipinski definition) is 4. The Labute approximate surface area is 163 Å². The molecular formula is C20H34N4O3. The summed E-state index contributed by atoms with van der Waals surface area (Å²) in [5.74, 6) is 2.53. The number of rotatable bonds is 12. The number of aliphatic imine (C=N–C) groups is 1. The van der Waals surface area contributed by atoms with Crippen molar-refractivity contribution in [2.75, 3.05) is 46.4 Å². The van der Waals surface area contributed by atoms with E-state index in [4.69, 9.17) is 9.47 Å². The zero-order valence-electron chi connectivity index (χ0n) is 17.1. The highest BCUT2D eigenvalue weighted by molar-refractivity contribution is 5.81. The number of hydrogen-bond donors (Lipinski definition) is 2. The molecule has 0 aliphatic carbocycles. The van der Waals surface area contributed by atoms with Crippen molar-refractivity contribution in [2.45, 2.75) is 33.6 Å². The Morgan fingerprint density at radius 3 is 2.33 bits per heavy atom. The van der Waals surface area contributed by atoms with Gasteiger partial charge in [0.25, 0.3) is 0 Å². The molecule has 0 spiro atoms. The summed E-state index contributed by atoms with van der Waals surface area (Å²) < 4.78 is 10.8. The van der Waals surface area contributed by atoms with E-state index in [0.29, 0.717) is 26.1 Å². The molecule has 7 heteroatoms. The summed E-state index contributed by atoms with van der Waals surface area (Å²) in [6.07, 6.45) is 1.27. The first-order valence-electron chi connectivity index (χ1n) is 9.71. The lowest BCUT2D eigenvalue weighted by molar-refractivity contribution is -0.130. The highest BCUT2D eigenvalue weighted by Gasteiger charge is 2.09. The summed E-state index contributed by atoms with van der Waals surface area (Å²) in [6.45, 7) is 10.1. The Morgan fingerprint density at radius 1 is 1.07 bits per heavy atom. The van der Waals surface area contributed by atoms with Crippen LogP contribution in [-0.2, 0) is 4.79 Å². The van der Waals surface area contributed by atoms with Crippen LogP contribution < -0.4 is 20.1 Å². The maximum Gasteiger partial charge on any atom is 0.224 e. The van der Waals surface area contributed by atoms with Crippen LogP contribution in [0.25, 0.3) is 0 Å². The highest BCUT2D eigenvalue weighted by atomic mass is 16.5.